The Morgan fingerprint density at radius 1 is 1.32 bits per heavy atom. The number of piperidine rings is 1. The van der Waals surface area contributed by atoms with Crippen LogP contribution < -0.4 is 5.32 Å². The lowest BCUT2D eigenvalue weighted by atomic mass is 9.76. The number of aliphatic carboxylic acids is 1. The zero-order valence-electron chi connectivity index (χ0n) is 14.5. The van der Waals surface area contributed by atoms with Gasteiger partial charge in [-0.2, -0.15) is 0 Å². The smallest absolute Gasteiger partial charge is 0.320 e. The first-order chi connectivity index (χ1) is 12.0. The molecule has 2 aliphatic heterocycles. The molecule has 25 heavy (non-hydrogen) atoms. The second kappa shape index (κ2) is 6.05. The predicted octanol–water partition coefficient (Wildman–Crippen LogP) is 1.33. The van der Waals surface area contributed by atoms with E-state index in [0.717, 1.165) is 43.7 Å². The zero-order valence-corrected chi connectivity index (χ0v) is 14.5. The van der Waals surface area contributed by atoms with Crippen LogP contribution in [0.3, 0.4) is 0 Å². The van der Waals surface area contributed by atoms with Gasteiger partial charge >= 0.3 is 5.97 Å². The maximum Gasteiger partial charge on any atom is 0.320 e. The van der Waals surface area contributed by atoms with Crippen LogP contribution >= 0.6 is 0 Å². The molecule has 1 atom stereocenters. The van der Waals surface area contributed by atoms with Gasteiger partial charge in [-0.1, -0.05) is 0 Å². The number of carbonyl (C=O) groups is 2. The Morgan fingerprint density at radius 2 is 2.04 bits per heavy atom. The average molecular weight is 344 g/mol. The summed E-state index contributed by atoms with van der Waals surface area (Å²) in [5.74, 6) is 0.562. The van der Waals surface area contributed by atoms with E-state index in [4.69, 9.17) is 0 Å². The van der Waals surface area contributed by atoms with Crippen molar-refractivity contribution in [1.29, 1.82) is 0 Å². The van der Waals surface area contributed by atoms with Gasteiger partial charge in [-0.3, -0.25) is 9.59 Å². The van der Waals surface area contributed by atoms with Crippen molar-refractivity contribution in [3.05, 3.63) is 23.3 Å². The summed E-state index contributed by atoms with van der Waals surface area (Å²) in [6.07, 6.45) is 6.31. The van der Waals surface area contributed by atoms with Crippen LogP contribution in [0, 0.1) is 12.3 Å². The number of rotatable bonds is 3. The van der Waals surface area contributed by atoms with E-state index in [1.807, 2.05) is 11.8 Å². The largest absolute Gasteiger partial charge is 0.480 e. The minimum absolute atomic E-state index is 0.00422. The molecule has 3 heterocycles. The molecule has 7 nitrogen and oxygen atoms in total. The fraction of sp³-hybridized carbons (Fsp3) is 0.667. The van der Waals surface area contributed by atoms with Crippen LogP contribution in [0.25, 0.3) is 0 Å². The van der Waals surface area contributed by atoms with Crippen molar-refractivity contribution in [1.82, 2.24) is 20.2 Å². The van der Waals surface area contributed by atoms with Gasteiger partial charge in [0, 0.05) is 31.7 Å². The van der Waals surface area contributed by atoms with Crippen molar-refractivity contribution in [2.24, 2.45) is 5.41 Å². The highest BCUT2D eigenvalue weighted by atomic mass is 16.4. The summed E-state index contributed by atoms with van der Waals surface area (Å²) in [4.78, 5) is 34.8. The lowest BCUT2D eigenvalue weighted by molar-refractivity contribution is -0.139. The van der Waals surface area contributed by atoms with E-state index in [-0.39, 0.29) is 11.3 Å². The second-order valence-electron chi connectivity index (χ2n) is 7.77. The average Bonchev–Trinajstić information content (AvgIpc) is 3.37. The number of likely N-dealkylation sites (tertiary alicyclic amines) is 1. The van der Waals surface area contributed by atoms with E-state index in [9.17, 15) is 14.7 Å². The fourth-order valence-corrected chi connectivity index (χ4v) is 4.06. The molecule has 1 saturated carbocycles. The number of carboxylic acid groups (broad SMARTS) is 1. The predicted molar refractivity (Wildman–Crippen MR) is 90.4 cm³/mol. The normalized spacial score (nSPS) is 25.3. The zero-order chi connectivity index (χ0) is 17.6. The van der Waals surface area contributed by atoms with Crippen molar-refractivity contribution >= 4 is 11.9 Å². The Labute approximate surface area is 146 Å². The molecule has 0 radical (unpaired) electrons. The van der Waals surface area contributed by atoms with Crippen LogP contribution in [0.1, 0.15) is 59.9 Å². The lowest BCUT2D eigenvalue weighted by Crippen LogP contribution is -2.44. The Hall–Kier alpha value is -2.02. The highest BCUT2D eigenvalue weighted by molar-refractivity contribution is 5.95. The minimum Gasteiger partial charge on any atom is -0.480 e. The van der Waals surface area contributed by atoms with Crippen molar-refractivity contribution in [3.8, 4) is 0 Å². The van der Waals surface area contributed by atoms with E-state index in [0.29, 0.717) is 31.0 Å². The molecule has 0 bridgehead atoms. The summed E-state index contributed by atoms with van der Waals surface area (Å²) in [7, 11) is 0. The maximum absolute atomic E-state index is 12.8. The van der Waals surface area contributed by atoms with Crippen LogP contribution in [-0.2, 0) is 4.79 Å². The molecule has 1 aromatic rings. The van der Waals surface area contributed by atoms with E-state index < -0.39 is 12.0 Å². The first kappa shape index (κ1) is 16.4. The van der Waals surface area contributed by atoms with Crippen LogP contribution in [0.4, 0.5) is 0 Å². The molecule has 4 rings (SSSR count). The third-order valence-corrected chi connectivity index (χ3v) is 5.94. The number of nitrogens with one attached hydrogen (secondary N) is 1. The van der Waals surface area contributed by atoms with Gasteiger partial charge in [-0.25, -0.2) is 9.97 Å². The number of aryl methyl sites for hydroxylation is 1. The number of carbonyl (C=O) groups excluding carboxylic acids is 1. The SMILES string of the molecule is Cc1nc(C2CC2)ncc1C(=O)N1CCC2(CC1)CN[C@@H](C(=O)O)C2. The quantitative estimate of drug-likeness (QED) is 0.859. The Kier molecular flexibility index (Phi) is 3.98. The van der Waals surface area contributed by atoms with Crippen molar-refractivity contribution in [2.75, 3.05) is 19.6 Å². The van der Waals surface area contributed by atoms with E-state index in [2.05, 4.69) is 15.3 Å². The van der Waals surface area contributed by atoms with Gasteiger partial charge in [0.05, 0.1) is 11.3 Å². The molecular weight excluding hydrogens is 320 g/mol. The molecule has 1 aliphatic carbocycles. The van der Waals surface area contributed by atoms with Gasteiger partial charge in [0.1, 0.15) is 11.9 Å². The Morgan fingerprint density at radius 3 is 2.60 bits per heavy atom. The van der Waals surface area contributed by atoms with Gasteiger partial charge in [-0.15, -0.1) is 0 Å². The summed E-state index contributed by atoms with van der Waals surface area (Å²) >= 11 is 0. The molecule has 134 valence electrons. The Balaban J connectivity index is 1.41. The van der Waals surface area contributed by atoms with Crippen LogP contribution in [-0.4, -0.2) is 57.5 Å². The highest BCUT2D eigenvalue weighted by Crippen LogP contribution is 2.40. The molecule has 0 aromatic carbocycles. The molecule has 0 unspecified atom stereocenters. The molecule has 2 N–H and O–H groups in total. The van der Waals surface area contributed by atoms with E-state index in [1.165, 1.54) is 0 Å². The summed E-state index contributed by atoms with van der Waals surface area (Å²) in [6.45, 7) is 3.93. The number of hydrogen-bond acceptors (Lipinski definition) is 5. The Bertz CT molecular complexity index is 708. The third kappa shape index (κ3) is 3.13. The van der Waals surface area contributed by atoms with Crippen LogP contribution in [0.15, 0.2) is 6.20 Å². The van der Waals surface area contributed by atoms with Gasteiger partial charge in [-0.05, 0) is 44.4 Å². The molecule has 2 saturated heterocycles. The number of nitrogens with zero attached hydrogens (tertiary/aromatic N) is 3. The summed E-state index contributed by atoms with van der Waals surface area (Å²) < 4.78 is 0. The van der Waals surface area contributed by atoms with Gasteiger partial charge in [0.25, 0.3) is 5.91 Å². The fourth-order valence-electron chi connectivity index (χ4n) is 4.06. The molecular formula is C18H24N4O3. The molecule has 3 aliphatic rings. The number of aromatic nitrogens is 2. The molecule has 3 fully saturated rings. The summed E-state index contributed by atoms with van der Waals surface area (Å²) in [5.41, 5.74) is 1.37. The van der Waals surface area contributed by atoms with E-state index in [1.54, 1.807) is 6.20 Å². The molecule has 1 amide bonds. The van der Waals surface area contributed by atoms with Crippen molar-refractivity contribution in [3.63, 3.8) is 0 Å². The third-order valence-electron chi connectivity index (χ3n) is 5.94. The minimum atomic E-state index is -0.779. The molecule has 1 aromatic heterocycles. The van der Waals surface area contributed by atoms with Gasteiger partial charge in [0.2, 0.25) is 0 Å². The van der Waals surface area contributed by atoms with Gasteiger partial charge < -0.3 is 15.3 Å². The van der Waals surface area contributed by atoms with Crippen LogP contribution in [0.5, 0.6) is 0 Å². The topological polar surface area (TPSA) is 95.4 Å². The summed E-state index contributed by atoms with van der Waals surface area (Å²) in [6, 6.07) is -0.451. The number of carboxylic acids is 1. The van der Waals surface area contributed by atoms with Crippen LogP contribution in [0.2, 0.25) is 0 Å². The summed E-state index contributed by atoms with van der Waals surface area (Å²) in [5, 5.41) is 12.3. The maximum atomic E-state index is 12.8. The standard InChI is InChI=1S/C18H24N4O3/c1-11-13(9-19-15(21-11)12-2-3-12)16(23)22-6-4-18(5-7-22)8-14(17(24)25)20-10-18/h9,12,14,20H,2-8,10H2,1H3,(H,24,25)/t14-/m1/s1. The number of amides is 1. The first-order valence-electron chi connectivity index (χ1n) is 9.06. The van der Waals surface area contributed by atoms with Crippen molar-refractivity contribution in [2.45, 2.75) is 51.0 Å². The highest BCUT2D eigenvalue weighted by Gasteiger charge is 2.44. The lowest BCUT2D eigenvalue weighted by Gasteiger charge is -2.39. The van der Waals surface area contributed by atoms with E-state index >= 15 is 0 Å². The van der Waals surface area contributed by atoms with Crippen molar-refractivity contribution < 1.29 is 14.7 Å². The first-order valence-corrected chi connectivity index (χ1v) is 9.06. The molecule has 1 spiro atoms. The number of hydrogen-bond donors (Lipinski definition) is 2. The molecule has 7 heteroatoms. The van der Waals surface area contributed by atoms with Gasteiger partial charge in [0.15, 0.2) is 0 Å². The monoisotopic (exact) mass is 344 g/mol. The second-order valence-corrected chi connectivity index (χ2v) is 7.77.